The zero-order chi connectivity index (χ0) is 30.1. The average Bonchev–Trinajstić information content (AvgIpc) is 3.37. The Hall–Kier alpha value is -2.53. The van der Waals surface area contributed by atoms with Gasteiger partial charge in [-0.2, -0.15) is 4.31 Å². The number of fused-ring (bicyclic) bond motifs is 1. The van der Waals surface area contributed by atoms with Crippen LogP contribution in [0.2, 0.25) is 0 Å². The number of pyridine rings is 1. The van der Waals surface area contributed by atoms with E-state index >= 15 is 0 Å². The van der Waals surface area contributed by atoms with Crippen LogP contribution in [0.4, 0.5) is 5.69 Å². The predicted octanol–water partition coefficient (Wildman–Crippen LogP) is 0.549. The average molecular weight is 626 g/mol. The topological polar surface area (TPSA) is 160 Å². The first kappa shape index (κ1) is 30.9. The largest absolute Gasteiger partial charge is 0.491 e. The smallest absolute Gasteiger partial charge is 0.244 e. The molecule has 0 unspecified atom stereocenters. The van der Waals surface area contributed by atoms with Crippen LogP contribution in [0.3, 0.4) is 0 Å². The van der Waals surface area contributed by atoms with Gasteiger partial charge in [-0.15, -0.1) is 0 Å². The fraction of sp³-hybridized carbons (Fsp3) is 0.593. The maximum absolute atomic E-state index is 13.4. The number of benzene rings is 1. The van der Waals surface area contributed by atoms with E-state index in [1.165, 1.54) is 29.7 Å². The number of hydrogen-bond donors (Lipinski definition) is 3. The van der Waals surface area contributed by atoms with Crippen LogP contribution in [-0.2, 0) is 24.8 Å². The van der Waals surface area contributed by atoms with Crippen molar-refractivity contribution in [3.63, 3.8) is 0 Å². The molecule has 1 spiro atoms. The second kappa shape index (κ2) is 12.2. The summed E-state index contributed by atoms with van der Waals surface area (Å²) in [5.41, 5.74) is 0.251. The van der Waals surface area contributed by atoms with Crippen LogP contribution < -0.4 is 24.4 Å². The van der Waals surface area contributed by atoms with Crippen LogP contribution in [0.25, 0.3) is 0 Å². The maximum atomic E-state index is 13.4. The third-order valence-electron chi connectivity index (χ3n) is 8.01. The fourth-order valence-corrected chi connectivity index (χ4v) is 7.82. The maximum Gasteiger partial charge on any atom is 0.244 e. The van der Waals surface area contributed by atoms with Gasteiger partial charge in [0, 0.05) is 38.8 Å². The van der Waals surface area contributed by atoms with Gasteiger partial charge in [-0.05, 0) is 51.4 Å². The molecule has 2 aromatic rings. The summed E-state index contributed by atoms with van der Waals surface area (Å²) in [7, 11) is -4.08. The van der Waals surface area contributed by atoms with Gasteiger partial charge in [0.25, 0.3) is 0 Å². The van der Waals surface area contributed by atoms with Gasteiger partial charge in [0.1, 0.15) is 35.1 Å². The number of aromatic nitrogens is 1. The van der Waals surface area contributed by atoms with Crippen LogP contribution >= 0.6 is 0 Å². The first-order valence-electron chi connectivity index (χ1n) is 14.0. The normalized spacial score (nSPS) is 23.4. The molecular weight excluding hydrogens is 586 g/mol. The van der Waals surface area contributed by atoms with Crippen molar-refractivity contribution < 1.29 is 36.2 Å². The van der Waals surface area contributed by atoms with Crippen LogP contribution in [0.15, 0.2) is 46.3 Å². The standard InChI is InChI=1S/C27H39N5O8S2/c1-19-16-31(3)25-12-24(15-30-26(25)40-19)42(36,37)32-9-7-27(8-10-32)13-20(17-39-27)29-14-21(33)18-38-22-5-4-6-23(11-22)41(34,35)28-2/h4-6,11-12,15,19-21,28-29,33H,7-10,13-14,16-18H2,1-3H3/t19-,20-,21+/m1/s1. The number of rotatable bonds is 10. The van der Waals surface area contributed by atoms with E-state index in [1.54, 1.807) is 18.2 Å². The quantitative estimate of drug-likeness (QED) is 0.338. The zero-order valence-electron chi connectivity index (χ0n) is 24.0. The van der Waals surface area contributed by atoms with Gasteiger partial charge < -0.3 is 29.5 Å². The van der Waals surface area contributed by atoms with Gasteiger partial charge in [-0.25, -0.2) is 26.5 Å². The number of hydrogen-bond acceptors (Lipinski definition) is 11. The van der Waals surface area contributed by atoms with E-state index in [9.17, 15) is 21.9 Å². The number of anilines is 1. The SMILES string of the molecule is CNS(=O)(=O)c1cccc(OC[C@@H](O)CN[C@H]2COC3(CCN(S(=O)(=O)c4cnc5c(c4)N(C)C[C@@H](C)O5)CC3)C2)c1. The van der Waals surface area contributed by atoms with Crippen molar-refractivity contribution >= 4 is 25.7 Å². The summed E-state index contributed by atoms with van der Waals surface area (Å²) in [5, 5.41) is 13.8. The van der Waals surface area contributed by atoms with Crippen molar-refractivity contribution in [2.45, 2.75) is 59.8 Å². The monoisotopic (exact) mass is 625 g/mol. The number of likely N-dealkylation sites (N-methyl/N-ethyl adjacent to an activating group) is 1. The van der Waals surface area contributed by atoms with Crippen molar-refractivity contribution in [3.8, 4) is 11.6 Å². The minimum absolute atomic E-state index is 0.00896. The molecule has 42 heavy (non-hydrogen) atoms. The molecule has 3 aliphatic heterocycles. The summed E-state index contributed by atoms with van der Waals surface area (Å²) in [6, 6.07) is 7.72. The Morgan fingerprint density at radius 1 is 1.19 bits per heavy atom. The van der Waals surface area contributed by atoms with Crippen LogP contribution in [0.1, 0.15) is 26.2 Å². The number of nitrogens with one attached hydrogen (secondary N) is 2. The summed E-state index contributed by atoms with van der Waals surface area (Å²) >= 11 is 0. The molecule has 232 valence electrons. The molecule has 0 aliphatic carbocycles. The summed E-state index contributed by atoms with van der Waals surface area (Å²) in [6.07, 6.45) is 2.37. The van der Waals surface area contributed by atoms with Crippen molar-refractivity contribution in [1.82, 2.24) is 19.3 Å². The fourth-order valence-electron chi connectivity index (χ4n) is 5.65. The van der Waals surface area contributed by atoms with Gasteiger partial charge in [-0.3, -0.25) is 0 Å². The van der Waals surface area contributed by atoms with E-state index in [-0.39, 0.29) is 35.1 Å². The summed E-state index contributed by atoms with van der Waals surface area (Å²) < 4.78 is 72.1. The molecule has 0 bridgehead atoms. The van der Waals surface area contributed by atoms with E-state index in [0.717, 1.165) is 0 Å². The van der Waals surface area contributed by atoms with Crippen molar-refractivity contribution in [2.24, 2.45) is 0 Å². The van der Waals surface area contributed by atoms with Crippen LogP contribution in [-0.4, -0.2) is 109 Å². The summed E-state index contributed by atoms with van der Waals surface area (Å²) in [5.74, 6) is 0.785. The first-order chi connectivity index (χ1) is 19.9. The Morgan fingerprint density at radius 2 is 1.95 bits per heavy atom. The number of ether oxygens (including phenoxy) is 3. The lowest BCUT2D eigenvalue weighted by Crippen LogP contribution is -2.47. The number of piperidine rings is 1. The molecule has 2 fully saturated rings. The highest BCUT2D eigenvalue weighted by Crippen LogP contribution is 2.38. The Labute approximate surface area is 247 Å². The first-order valence-corrected chi connectivity index (χ1v) is 16.9. The highest BCUT2D eigenvalue weighted by molar-refractivity contribution is 7.89. The van der Waals surface area contributed by atoms with Crippen molar-refractivity contribution in [1.29, 1.82) is 0 Å². The van der Waals surface area contributed by atoms with Crippen LogP contribution in [0.5, 0.6) is 11.6 Å². The summed E-state index contributed by atoms with van der Waals surface area (Å²) in [6.45, 7) is 3.99. The molecule has 5 rings (SSSR count). The molecule has 0 amide bonds. The molecular formula is C27H39N5O8S2. The van der Waals surface area contributed by atoms with Gasteiger partial charge in [0.05, 0.1) is 29.8 Å². The third-order valence-corrected chi connectivity index (χ3v) is 11.3. The second-order valence-electron chi connectivity index (χ2n) is 11.2. The molecule has 1 aromatic heterocycles. The Balaban J connectivity index is 1.09. The van der Waals surface area contributed by atoms with E-state index in [2.05, 4.69) is 15.0 Å². The molecule has 0 saturated carbocycles. The lowest BCUT2D eigenvalue weighted by atomic mass is 9.88. The highest BCUT2D eigenvalue weighted by Gasteiger charge is 2.45. The zero-order valence-corrected chi connectivity index (χ0v) is 25.7. The predicted molar refractivity (Wildman–Crippen MR) is 155 cm³/mol. The highest BCUT2D eigenvalue weighted by atomic mass is 32.2. The Morgan fingerprint density at radius 3 is 2.69 bits per heavy atom. The number of sulfonamides is 2. The van der Waals surface area contributed by atoms with Gasteiger partial charge in [0.2, 0.25) is 25.9 Å². The molecule has 3 atom stereocenters. The van der Waals surface area contributed by atoms with E-state index in [1.807, 2.05) is 18.9 Å². The minimum Gasteiger partial charge on any atom is -0.491 e. The molecule has 15 heteroatoms. The lowest BCUT2D eigenvalue weighted by Gasteiger charge is -2.38. The third kappa shape index (κ3) is 6.67. The van der Waals surface area contributed by atoms with E-state index < -0.39 is 31.8 Å². The Bertz CT molecular complexity index is 1480. The summed E-state index contributed by atoms with van der Waals surface area (Å²) in [4.78, 5) is 6.48. The van der Waals surface area contributed by atoms with Gasteiger partial charge in [-0.1, -0.05) is 6.07 Å². The molecule has 13 nitrogen and oxygen atoms in total. The molecule has 1 aromatic carbocycles. The van der Waals surface area contributed by atoms with Gasteiger partial charge in [0.15, 0.2) is 0 Å². The second-order valence-corrected chi connectivity index (χ2v) is 15.0. The lowest BCUT2D eigenvalue weighted by molar-refractivity contribution is -0.0312. The molecule has 4 heterocycles. The molecule has 3 aliphatic rings. The molecule has 0 radical (unpaired) electrons. The van der Waals surface area contributed by atoms with Gasteiger partial charge >= 0.3 is 0 Å². The number of aliphatic hydroxyl groups is 1. The van der Waals surface area contributed by atoms with E-state index in [0.29, 0.717) is 62.8 Å². The number of aliphatic hydroxyl groups excluding tert-OH is 1. The minimum atomic E-state index is -3.72. The van der Waals surface area contributed by atoms with Crippen LogP contribution in [0, 0.1) is 0 Å². The van der Waals surface area contributed by atoms with Crippen molar-refractivity contribution in [3.05, 3.63) is 36.5 Å². The molecule has 3 N–H and O–H groups in total. The Kier molecular flexibility index (Phi) is 9.00. The van der Waals surface area contributed by atoms with Crippen molar-refractivity contribution in [2.75, 3.05) is 58.4 Å². The molecule has 2 saturated heterocycles. The van der Waals surface area contributed by atoms with E-state index in [4.69, 9.17) is 14.2 Å². The number of nitrogens with zero attached hydrogens (tertiary/aromatic N) is 3.